The molecular weight excluding hydrogens is 312 g/mol. The zero-order valence-corrected chi connectivity index (χ0v) is 12.3. The molecule has 1 aromatic carbocycles. The molecule has 0 aliphatic carbocycles. The molecule has 1 aliphatic rings. The van der Waals surface area contributed by atoms with Crippen LogP contribution in [0.1, 0.15) is 11.6 Å². The fraction of sp³-hybridized carbons (Fsp3) is 0.286. The van der Waals surface area contributed by atoms with Crippen LogP contribution in [0.25, 0.3) is 0 Å². The topological polar surface area (TPSA) is 96.0 Å². The predicted molar refractivity (Wildman–Crippen MR) is 64.1 cm³/mol. The Kier molecular flexibility index (Phi) is 21.4. The van der Waals surface area contributed by atoms with Crippen molar-refractivity contribution >= 4 is 0 Å². The van der Waals surface area contributed by atoms with Crippen molar-refractivity contribution in [1.82, 2.24) is 4.90 Å². The zero-order chi connectivity index (χ0) is 15.8. The van der Waals surface area contributed by atoms with Gasteiger partial charge < -0.3 is 4.74 Å². The summed E-state index contributed by atoms with van der Waals surface area (Å²) in [4.78, 5) is 2.04. The molecule has 21 heavy (non-hydrogen) atoms. The molecule has 6 nitrogen and oxygen atoms in total. The van der Waals surface area contributed by atoms with E-state index in [4.69, 9.17) is 24.0 Å². The third-order valence-corrected chi connectivity index (χ3v) is 2.43. The molecule has 2 rings (SSSR count). The molecular formula is C14H12CrN2O4. The summed E-state index contributed by atoms with van der Waals surface area (Å²) < 4.78 is 27.9. The maximum Gasteiger partial charge on any atom is 0 e. The van der Waals surface area contributed by atoms with E-state index in [1.807, 2.05) is 23.1 Å². The van der Waals surface area contributed by atoms with E-state index in [2.05, 4.69) is 38.2 Å². The zero-order valence-electron chi connectivity index (χ0n) is 11.0. The van der Waals surface area contributed by atoms with Gasteiger partial charge in [0.15, 0.2) is 0 Å². The molecule has 108 valence electrons. The number of ether oxygens (including phenoxy) is 1. The quantitative estimate of drug-likeness (QED) is 0.467. The van der Waals surface area contributed by atoms with Gasteiger partial charge in [-0.2, -0.15) is 5.26 Å². The summed E-state index contributed by atoms with van der Waals surface area (Å²) in [6.45, 7) is 15.2. The summed E-state index contributed by atoms with van der Waals surface area (Å²) in [5.41, 5.74) is 1.22. The minimum Gasteiger partial charge on any atom is 0 e. The summed E-state index contributed by atoms with van der Waals surface area (Å²) in [5, 5.41) is 8.64. The van der Waals surface area contributed by atoms with Crippen molar-refractivity contribution in [1.29, 1.82) is 5.26 Å². The molecule has 1 aliphatic heterocycles. The average molecular weight is 324 g/mol. The third-order valence-electron chi connectivity index (χ3n) is 2.43. The van der Waals surface area contributed by atoms with Crippen LogP contribution in [0, 0.1) is 31.3 Å². The Morgan fingerprint density at radius 1 is 1.14 bits per heavy atom. The van der Waals surface area contributed by atoms with E-state index >= 15 is 0 Å². The van der Waals surface area contributed by atoms with Crippen molar-refractivity contribution in [3.05, 3.63) is 55.8 Å². The number of rotatable bonds is 2. The molecule has 1 atom stereocenters. The van der Waals surface area contributed by atoms with Gasteiger partial charge in [0, 0.05) is 17.4 Å². The summed E-state index contributed by atoms with van der Waals surface area (Å²) >= 11 is 0. The molecule has 0 N–H and O–H groups in total. The van der Waals surface area contributed by atoms with Crippen LogP contribution in [0.5, 0.6) is 0 Å². The maximum absolute atomic E-state index is 8.64. The number of hydrogen-bond donors (Lipinski definition) is 0. The van der Waals surface area contributed by atoms with Crippen LogP contribution in [-0.4, -0.2) is 24.8 Å². The molecule has 1 heterocycles. The van der Waals surface area contributed by atoms with Gasteiger partial charge in [0.25, 0.3) is 0 Å². The SMILES string of the molecule is N#CCN1COC[C@H]1c1ccccc1.[C-]#[O+].[C-]#[O+].[C-]#[O+].[Cr]. The molecule has 1 aromatic rings. The minimum atomic E-state index is 0. The van der Waals surface area contributed by atoms with Crippen LogP contribution in [0.4, 0.5) is 0 Å². The second-order valence-corrected chi connectivity index (χ2v) is 3.33. The van der Waals surface area contributed by atoms with Gasteiger partial charge in [-0.05, 0) is 5.56 Å². The summed E-state index contributed by atoms with van der Waals surface area (Å²) in [6.07, 6.45) is 0. The fourth-order valence-electron chi connectivity index (χ4n) is 1.71. The first-order chi connectivity index (χ1) is 9.92. The molecule has 0 spiro atoms. The molecule has 0 bridgehead atoms. The van der Waals surface area contributed by atoms with Gasteiger partial charge in [0.1, 0.15) is 6.73 Å². The second-order valence-electron chi connectivity index (χ2n) is 3.33. The first kappa shape index (κ1) is 24.4. The summed E-state index contributed by atoms with van der Waals surface area (Å²) in [5.74, 6) is 0. The fourth-order valence-corrected chi connectivity index (χ4v) is 1.71. The van der Waals surface area contributed by atoms with Crippen LogP contribution >= 0.6 is 0 Å². The molecule has 0 saturated carbocycles. The van der Waals surface area contributed by atoms with E-state index in [1.54, 1.807) is 0 Å². The standard InChI is InChI=1S/C11H12N2O.3CO.Cr/c12-6-7-13-9-14-8-11(13)10-4-2-1-3-5-10;3*1-2;/h1-5,11H,7-9H2;;;;/t11-;;;;/m0..../s1. The first-order valence-corrected chi connectivity index (χ1v) is 5.27. The normalized spacial score (nSPS) is 15.0. The van der Waals surface area contributed by atoms with E-state index in [9.17, 15) is 0 Å². The Hall–Kier alpha value is -1.62. The number of hydrogen-bond acceptors (Lipinski definition) is 3. The van der Waals surface area contributed by atoms with Gasteiger partial charge in [-0.25, -0.2) is 0 Å². The van der Waals surface area contributed by atoms with Gasteiger partial charge in [-0.3, -0.25) is 4.90 Å². The molecule has 0 unspecified atom stereocenters. The molecule has 1 fully saturated rings. The van der Waals surface area contributed by atoms with E-state index in [0.29, 0.717) is 19.9 Å². The van der Waals surface area contributed by atoms with Crippen molar-refractivity contribution in [2.24, 2.45) is 0 Å². The molecule has 1 saturated heterocycles. The van der Waals surface area contributed by atoms with Crippen LogP contribution in [0.3, 0.4) is 0 Å². The number of nitriles is 1. The first-order valence-electron chi connectivity index (χ1n) is 5.27. The van der Waals surface area contributed by atoms with E-state index < -0.39 is 0 Å². The van der Waals surface area contributed by atoms with Crippen molar-refractivity contribution in [2.45, 2.75) is 6.04 Å². The van der Waals surface area contributed by atoms with Gasteiger partial charge in [-0.15, -0.1) is 0 Å². The van der Waals surface area contributed by atoms with E-state index in [1.165, 1.54) is 5.56 Å². The Labute approximate surface area is 134 Å². The number of nitrogens with zero attached hydrogens (tertiary/aromatic N) is 2. The largest absolute Gasteiger partial charge is 0 e. The monoisotopic (exact) mass is 324 g/mol. The maximum atomic E-state index is 8.64. The Morgan fingerprint density at radius 3 is 2.14 bits per heavy atom. The Morgan fingerprint density at radius 2 is 1.67 bits per heavy atom. The van der Waals surface area contributed by atoms with Gasteiger partial charge >= 0.3 is 33.9 Å². The van der Waals surface area contributed by atoms with Crippen LogP contribution < -0.4 is 0 Å². The average Bonchev–Trinajstić information content (AvgIpc) is 3.03. The van der Waals surface area contributed by atoms with Crippen LogP contribution in [-0.2, 0) is 36.1 Å². The van der Waals surface area contributed by atoms with Crippen molar-refractivity contribution in [3.63, 3.8) is 0 Å². The Balaban J connectivity index is -0.000000414. The number of benzene rings is 1. The van der Waals surface area contributed by atoms with Crippen LogP contribution in [0.2, 0.25) is 0 Å². The molecule has 0 aromatic heterocycles. The van der Waals surface area contributed by atoms with E-state index in [0.717, 1.165) is 0 Å². The summed E-state index contributed by atoms with van der Waals surface area (Å²) in [7, 11) is 0. The van der Waals surface area contributed by atoms with Gasteiger partial charge in [-0.1, -0.05) is 30.3 Å². The molecule has 0 amide bonds. The molecule has 0 radical (unpaired) electrons. The second kappa shape index (κ2) is 18.4. The Bertz CT molecular complexity index is 439. The van der Waals surface area contributed by atoms with Crippen LogP contribution in [0.15, 0.2) is 30.3 Å². The van der Waals surface area contributed by atoms with Crippen molar-refractivity contribution in [3.8, 4) is 6.07 Å². The third kappa shape index (κ3) is 9.02. The predicted octanol–water partition coefficient (Wildman–Crippen LogP) is 1.43. The minimum absolute atomic E-state index is 0. The van der Waals surface area contributed by atoms with Crippen molar-refractivity contribution in [2.75, 3.05) is 19.9 Å². The molecule has 7 heteroatoms. The van der Waals surface area contributed by atoms with Crippen molar-refractivity contribution < 1.29 is 36.1 Å². The smallest absolute Gasteiger partial charge is 0 e. The van der Waals surface area contributed by atoms with Gasteiger partial charge in [0.05, 0.1) is 25.3 Å². The summed E-state index contributed by atoms with van der Waals surface area (Å²) in [6, 6.07) is 12.6. The van der Waals surface area contributed by atoms with E-state index in [-0.39, 0.29) is 23.4 Å². The van der Waals surface area contributed by atoms with Gasteiger partial charge in [0.2, 0.25) is 0 Å².